The Morgan fingerprint density at radius 2 is 0.424 bits per heavy atom. The maximum absolute atomic E-state index is 5.13. The summed E-state index contributed by atoms with van der Waals surface area (Å²) in [4.78, 5) is 44.9. The summed E-state index contributed by atoms with van der Waals surface area (Å²) >= 11 is 0. The predicted molar refractivity (Wildman–Crippen MR) is 539 cm³/mol. The van der Waals surface area contributed by atoms with Gasteiger partial charge in [0.25, 0.3) is 0 Å². The highest BCUT2D eigenvalue weighted by Gasteiger charge is 2.41. The van der Waals surface area contributed by atoms with Gasteiger partial charge in [0.15, 0.2) is 46.6 Å². The molecule has 17 aromatic carbocycles. The van der Waals surface area contributed by atoms with Crippen molar-refractivity contribution in [1.82, 2.24) is 58.6 Å². The van der Waals surface area contributed by atoms with E-state index in [9.17, 15) is 0 Å². The van der Waals surface area contributed by atoms with Gasteiger partial charge >= 0.3 is 0 Å². The van der Waals surface area contributed by atoms with Crippen LogP contribution < -0.4 is 0 Å². The largest absolute Gasteiger partial charge is 0.309 e. The average Bonchev–Trinajstić information content (AvgIpc) is 1.55. The van der Waals surface area contributed by atoms with Gasteiger partial charge in [0.1, 0.15) is 0 Å². The summed E-state index contributed by atoms with van der Waals surface area (Å²) in [6.45, 7) is 14.0. The van der Waals surface area contributed by atoms with Gasteiger partial charge in [-0.25, -0.2) is 34.9 Å². The van der Waals surface area contributed by atoms with Crippen molar-refractivity contribution >= 4 is 65.4 Å². The quantitative estimate of drug-likeness (QED) is 0.124. The van der Waals surface area contributed by atoms with Crippen LogP contribution >= 0.6 is 0 Å². The Labute approximate surface area is 764 Å². The Kier molecular flexibility index (Phi) is 18.6. The Bertz CT molecular complexity index is 8340. The zero-order valence-corrected chi connectivity index (χ0v) is 73.6. The fourth-order valence-electron chi connectivity index (χ4n) is 20.8. The maximum atomic E-state index is 5.13. The average molecular weight is 1700 g/mol. The molecule has 12 nitrogen and oxygen atoms in total. The number of fused-ring (bicyclic) bond motifs is 21. The highest BCUT2D eigenvalue weighted by atomic mass is 15.2. The number of nitrogens with zero attached hydrogens (tertiary/aromatic N) is 12. The summed E-state index contributed by atoms with van der Waals surface area (Å²) in [6, 6.07) is 145. The van der Waals surface area contributed by atoms with Crippen LogP contribution in [-0.4, -0.2) is 58.6 Å². The lowest BCUT2D eigenvalue weighted by Gasteiger charge is -2.21. The van der Waals surface area contributed by atoms with Gasteiger partial charge in [-0.3, -0.25) is 4.57 Å². The first-order valence-electron chi connectivity index (χ1n) is 45.1. The fraction of sp³-hybridized carbons (Fsp3) is 0.0750. The lowest BCUT2D eigenvalue weighted by Crippen LogP contribution is -2.14. The van der Waals surface area contributed by atoms with Gasteiger partial charge in [0, 0.05) is 121 Å². The number of benzene rings is 17. The zero-order chi connectivity index (χ0) is 88.5. The molecule has 23 aromatic rings. The summed E-state index contributed by atoms with van der Waals surface area (Å²) in [6.07, 6.45) is 0. The second-order valence-corrected chi connectivity index (χ2v) is 35.9. The molecule has 0 spiro atoms. The highest BCUT2D eigenvalue weighted by molar-refractivity contribution is 6.18. The van der Waals surface area contributed by atoms with Crippen molar-refractivity contribution in [3.63, 3.8) is 0 Å². The van der Waals surface area contributed by atoms with E-state index in [1.54, 1.807) is 0 Å². The van der Waals surface area contributed by atoms with Gasteiger partial charge in [-0.15, -0.1) is 0 Å². The number of aromatic nitrogens is 12. The molecule has 0 bridgehead atoms. The third-order valence-electron chi connectivity index (χ3n) is 27.2. The second-order valence-electron chi connectivity index (χ2n) is 35.9. The molecule has 626 valence electrons. The fourth-order valence-corrected chi connectivity index (χ4v) is 20.8. The zero-order valence-electron chi connectivity index (χ0n) is 73.6. The summed E-state index contributed by atoms with van der Waals surface area (Å²) in [7, 11) is 0. The van der Waals surface area contributed by atoms with E-state index in [1.807, 2.05) is 158 Å². The molecule has 26 rings (SSSR count). The normalized spacial score (nSPS) is 13.3. The first-order chi connectivity index (χ1) is 64.8. The van der Waals surface area contributed by atoms with Crippen LogP contribution in [0, 0.1) is 0 Å². The molecule has 132 heavy (non-hydrogen) atoms. The van der Waals surface area contributed by atoms with Gasteiger partial charge in [-0.05, 0) is 105 Å². The maximum Gasteiger partial charge on any atom is 0.238 e. The standard InChI is InChI=1S/2C42H30N4.C36H26N4/c1-42(2)34-22-11-9-21-33(34)37-35(42)25-24-32-31-20-10-12-23-36(31)46(38(32)37)30-19-13-18-29(26-30)41-44-39(27-14-5-3-6-15-27)43-40(45-41)28-16-7-4-8-17-28;1-42(2)34-19-11-9-18-33(34)37-35(42)26-25-32-31-17-10-12-20-36(31)46(38(32)37)30-23-21-29(22-24-30)41-44-39(27-13-5-3-6-14-27)43-40(45-41)28-15-7-4-8-16-28;1-36(2)28-19-11-9-18-27(28)31-29(36)22-21-26-25-17-10-12-20-30(25)40(32(26)31)35-38-33(23-13-5-3-6-14-23)37-34(39-35)24-15-7-4-8-16-24/h2*3-26H,1-2H3;3-22H,1-2H3. The number of hydrogen-bond donors (Lipinski definition) is 0. The summed E-state index contributed by atoms with van der Waals surface area (Å²) in [5, 5.41) is 7.40. The first-order valence-corrected chi connectivity index (χ1v) is 45.1. The minimum Gasteiger partial charge on any atom is -0.309 e. The monoisotopic (exact) mass is 1690 g/mol. The molecule has 6 aromatic heterocycles. The molecule has 0 N–H and O–H groups in total. The third-order valence-corrected chi connectivity index (χ3v) is 27.2. The number of para-hydroxylation sites is 3. The van der Waals surface area contributed by atoms with Gasteiger partial charge in [-0.2, -0.15) is 9.97 Å². The van der Waals surface area contributed by atoms with Crippen molar-refractivity contribution in [1.29, 1.82) is 0 Å². The lowest BCUT2D eigenvalue weighted by atomic mass is 9.82. The number of hydrogen-bond acceptors (Lipinski definition) is 9. The van der Waals surface area contributed by atoms with Crippen LogP contribution in [0.25, 0.3) is 207 Å². The van der Waals surface area contributed by atoms with Gasteiger partial charge in [0.2, 0.25) is 5.95 Å². The number of rotatable bonds is 11. The molecule has 0 atom stereocenters. The van der Waals surface area contributed by atoms with Crippen molar-refractivity contribution in [2.75, 3.05) is 0 Å². The van der Waals surface area contributed by atoms with E-state index in [0.29, 0.717) is 52.5 Å². The Morgan fingerprint density at radius 3 is 0.758 bits per heavy atom. The molecule has 0 unspecified atom stereocenters. The van der Waals surface area contributed by atoms with Crippen molar-refractivity contribution in [3.05, 3.63) is 446 Å². The molecule has 12 heteroatoms. The Hall–Kier alpha value is -16.8. The van der Waals surface area contributed by atoms with Crippen LogP contribution in [0.4, 0.5) is 0 Å². The molecule has 0 aliphatic heterocycles. The van der Waals surface area contributed by atoms with Crippen LogP contribution in [0.1, 0.15) is 74.9 Å². The first kappa shape index (κ1) is 78.6. The minimum absolute atomic E-state index is 0.0726. The van der Waals surface area contributed by atoms with Crippen LogP contribution in [-0.2, 0) is 16.2 Å². The van der Waals surface area contributed by atoms with Crippen LogP contribution in [0.2, 0.25) is 0 Å². The predicted octanol–water partition coefficient (Wildman–Crippen LogP) is 29.2. The molecule has 0 saturated carbocycles. The smallest absolute Gasteiger partial charge is 0.238 e. The van der Waals surface area contributed by atoms with E-state index in [1.165, 1.54) is 121 Å². The summed E-state index contributed by atoms with van der Waals surface area (Å²) in [5.74, 6) is 5.86. The molecule has 0 radical (unpaired) electrons. The molecule has 0 fully saturated rings. The highest BCUT2D eigenvalue weighted by Crippen LogP contribution is 2.57. The Morgan fingerprint density at radius 1 is 0.174 bits per heavy atom. The molecule has 0 saturated heterocycles. The van der Waals surface area contributed by atoms with Crippen molar-refractivity contribution in [2.24, 2.45) is 0 Å². The summed E-state index contributed by atoms with van der Waals surface area (Å²) < 4.78 is 7.12. The van der Waals surface area contributed by atoms with Gasteiger partial charge in [0.05, 0.1) is 33.1 Å². The Balaban J connectivity index is 0.000000110. The van der Waals surface area contributed by atoms with Crippen molar-refractivity contribution in [3.8, 4) is 142 Å². The molecular formula is C120H86N12. The molecule has 6 heterocycles. The van der Waals surface area contributed by atoms with Crippen LogP contribution in [0.5, 0.6) is 0 Å². The molecule has 3 aliphatic rings. The molecular weight excluding hydrogens is 1610 g/mol. The van der Waals surface area contributed by atoms with E-state index in [0.717, 1.165) is 66.9 Å². The third kappa shape index (κ3) is 12.9. The minimum atomic E-state index is -0.106. The lowest BCUT2D eigenvalue weighted by molar-refractivity contribution is 0.660. The van der Waals surface area contributed by atoms with Crippen LogP contribution in [0.3, 0.4) is 0 Å². The molecule has 0 amide bonds. The van der Waals surface area contributed by atoms with E-state index in [4.69, 9.17) is 44.9 Å². The molecule has 3 aliphatic carbocycles. The topological polar surface area (TPSA) is 131 Å². The van der Waals surface area contributed by atoms with Gasteiger partial charge < -0.3 is 9.13 Å². The van der Waals surface area contributed by atoms with Gasteiger partial charge in [-0.1, -0.05) is 399 Å². The van der Waals surface area contributed by atoms with Crippen molar-refractivity contribution in [2.45, 2.75) is 57.8 Å². The van der Waals surface area contributed by atoms with E-state index < -0.39 is 0 Å². The van der Waals surface area contributed by atoms with E-state index in [-0.39, 0.29) is 16.2 Å². The second kappa shape index (κ2) is 31.3. The van der Waals surface area contributed by atoms with Crippen LogP contribution in [0.15, 0.2) is 413 Å². The van der Waals surface area contributed by atoms with E-state index in [2.05, 4.69) is 310 Å². The summed E-state index contributed by atoms with van der Waals surface area (Å²) in [5.41, 5.74) is 32.6. The SMILES string of the molecule is CC1(C)c2ccccc2-c2c1ccc1c3ccccc3n(-c3ccc(-c4nc(-c5ccccc5)nc(-c5ccccc5)n4)cc3)c21.CC1(C)c2ccccc2-c2c1ccc1c3ccccc3n(-c3cccc(-c4nc(-c5ccccc5)nc(-c5ccccc5)n4)c3)c21.CC1(C)c2ccccc2-c2c1ccc1c3ccccc3n(-c3nc(-c4ccccc4)nc(-c4ccccc4)n3)c21. The van der Waals surface area contributed by atoms with Crippen molar-refractivity contribution < 1.29 is 0 Å². The van der Waals surface area contributed by atoms with E-state index >= 15 is 0 Å².